The van der Waals surface area contributed by atoms with E-state index in [-0.39, 0.29) is 17.5 Å². The second kappa shape index (κ2) is 10.2. The van der Waals surface area contributed by atoms with E-state index < -0.39 is 5.60 Å². The minimum absolute atomic E-state index is 0.0629. The monoisotopic (exact) mass is 507 g/mol. The minimum atomic E-state index is -0.478. The molecule has 198 valence electrons. The van der Waals surface area contributed by atoms with Gasteiger partial charge in [-0.1, -0.05) is 24.3 Å². The quantitative estimate of drug-likeness (QED) is 0.607. The first-order chi connectivity index (χ1) is 17.7. The molecular weight excluding hydrogens is 470 g/mol. The van der Waals surface area contributed by atoms with Crippen LogP contribution in [0.3, 0.4) is 0 Å². The number of anilines is 1. The fourth-order valence-electron chi connectivity index (χ4n) is 5.23. The molecule has 2 saturated heterocycles. The van der Waals surface area contributed by atoms with Gasteiger partial charge in [0.25, 0.3) is 0 Å². The summed E-state index contributed by atoms with van der Waals surface area (Å²) in [7, 11) is 0. The number of fused-ring (bicyclic) bond motifs is 1. The summed E-state index contributed by atoms with van der Waals surface area (Å²) in [5, 5.41) is 2.97. The molecule has 8 nitrogen and oxygen atoms in total. The summed E-state index contributed by atoms with van der Waals surface area (Å²) in [6.45, 7) is 10.1. The summed E-state index contributed by atoms with van der Waals surface area (Å²) in [6.07, 6.45) is 2.55. The number of carbonyl (C=O) groups is 2. The molecule has 0 bridgehead atoms. The molecule has 3 aliphatic heterocycles. The van der Waals surface area contributed by atoms with Gasteiger partial charge in [0.2, 0.25) is 0 Å². The standard InChI is InChI=1S/C29H37N3O5/c1-28(2,3)37-27(34)32-12-10-29(11-13-32)19-23-5-4-22(18-25(23)36-20-29)21-6-8-24(9-7-21)30-26(33)31-14-16-35-17-15-31/h4-9,18H,10-17,19-20H2,1-3H3,(H,30,33). The molecule has 2 aromatic rings. The maximum absolute atomic E-state index is 12.4. The van der Waals surface area contributed by atoms with Gasteiger partial charge in [0.1, 0.15) is 11.4 Å². The van der Waals surface area contributed by atoms with E-state index in [0.29, 0.717) is 46.0 Å². The van der Waals surface area contributed by atoms with Gasteiger partial charge in [-0.25, -0.2) is 9.59 Å². The molecule has 0 atom stereocenters. The molecule has 0 saturated carbocycles. The lowest BCUT2D eigenvalue weighted by Gasteiger charge is -2.44. The van der Waals surface area contributed by atoms with Crippen LogP contribution in [0, 0.1) is 5.41 Å². The third-order valence-electron chi connectivity index (χ3n) is 7.41. The van der Waals surface area contributed by atoms with Crippen LogP contribution in [-0.4, -0.2) is 73.5 Å². The Morgan fingerprint density at radius 3 is 2.27 bits per heavy atom. The maximum Gasteiger partial charge on any atom is 0.410 e. The van der Waals surface area contributed by atoms with Gasteiger partial charge in [-0.2, -0.15) is 0 Å². The van der Waals surface area contributed by atoms with Gasteiger partial charge in [0.05, 0.1) is 19.8 Å². The number of hydrogen-bond donors (Lipinski definition) is 1. The van der Waals surface area contributed by atoms with Gasteiger partial charge in [-0.15, -0.1) is 0 Å². The van der Waals surface area contributed by atoms with Crippen molar-refractivity contribution in [2.75, 3.05) is 51.3 Å². The number of urea groups is 1. The van der Waals surface area contributed by atoms with Crippen molar-refractivity contribution in [2.45, 2.75) is 45.6 Å². The van der Waals surface area contributed by atoms with Crippen molar-refractivity contribution in [1.29, 1.82) is 0 Å². The summed E-state index contributed by atoms with van der Waals surface area (Å²) in [6, 6.07) is 14.2. The van der Waals surface area contributed by atoms with Gasteiger partial charge in [-0.05, 0) is 74.9 Å². The zero-order valence-corrected chi connectivity index (χ0v) is 22.0. The van der Waals surface area contributed by atoms with E-state index in [2.05, 4.69) is 23.5 Å². The van der Waals surface area contributed by atoms with Crippen LogP contribution in [0.1, 0.15) is 39.2 Å². The number of nitrogens with zero attached hydrogens (tertiary/aromatic N) is 2. The summed E-state index contributed by atoms with van der Waals surface area (Å²) in [4.78, 5) is 28.5. The maximum atomic E-state index is 12.4. The molecule has 2 fully saturated rings. The van der Waals surface area contributed by atoms with Crippen LogP contribution >= 0.6 is 0 Å². The molecule has 0 aliphatic carbocycles. The van der Waals surface area contributed by atoms with E-state index in [1.54, 1.807) is 4.90 Å². The van der Waals surface area contributed by atoms with Crippen LogP contribution in [0.4, 0.5) is 15.3 Å². The second-order valence-electron chi connectivity index (χ2n) is 11.4. The van der Waals surface area contributed by atoms with Gasteiger partial charge in [-0.3, -0.25) is 0 Å². The highest BCUT2D eigenvalue weighted by molar-refractivity contribution is 5.89. The van der Waals surface area contributed by atoms with Crippen LogP contribution in [0.2, 0.25) is 0 Å². The van der Waals surface area contributed by atoms with E-state index in [1.165, 1.54) is 5.56 Å². The zero-order chi connectivity index (χ0) is 26.0. The van der Waals surface area contributed by atoms with Gasteiger partial charge in [0, 0.05) is 37.3 Å². The number of piperidine rings is 1. The zero-order valence-electron chi connectivity index (χ0n) is 22.0. The topological polar surface area (TPSA) is 80.3 Å². The number of ether oxygens (including phenoxy) is 3. The summed E-state index contributed by atoms with van der Waals surface area (Å²) in [5.41, 5.74) is 3.73. The van der Waals surface area contributed by atoms with Crippen molar-refractivity contribution < 1.29 is 23.8 Å². The largest absolute Gasteiger partial charge is 0.493 e. The van der Waals surface area contributed by atoms with E-state index in [1.807, 2.05) is 49.9 Å². The molecule has 3 amide bonds. The number of amides is 3. The molecule has 1 spiro atoms. The van der Waals surface area contributed by atoms with Crippen molar-refractivity contribution in [3.8, 4) is 16.9 Å². The first-order valence-electron chi connectivity index (χ1n) is 13.2. The second-order valence-corrected chi connectivity index (χ2v) is 11.4. The van der Waals surface area contributed by atoms with Gasteiger partial charge < -0.3 is 29.3 Å². The van der Waals surface area contributed by atoms with Crippen LogP contribution in [0.5, 0.6) is 5.75 Å². The third kappa shape index (κ3) is 6.01. The first kappa shape index (κ1) is 25.4. The van der Waals surface area contributed by atoms with Crippen molar-refractivity contribution in [1.82, 2.24) is 9.80 Å². The molecule has 8 heteroatoms. The average Bonchev–Trinajstić information content (AvgIpc) is 2.89. The molecular formula is C29H37N3O5. The Hall–Kier alpha value is -3.26. The molecule has 2 aromatic carbocycles. The van der Waals surface area contributed by atoms with E-state index in [0.717, 1.165) is 41.8 Å². The number of rotatable bonds is 2. The predicted molar refractivity (Wildman–Crippen MR) is 142 cm³/mol. The van der Waals surface area contributed by atoms with Gasteiger partial charge in [0.15, 0.2) is 0 Å². The lowest BCUT2D eigenvalue weighted by molar-refractivity contribution is -0.000988. The summed E-state index contributed by atoms with van der Waals surface area (Å²) >= 11 is 0. The van der Waals surface area contributed by atoms with Crippen LogP contribution < -0.4 is 10.1 Å². The summed E-state index contributed by atoms with van der Waals surface area (Å²) < 4.78 is 17.2. The highest BCUT2D eigenvalue weighted by atomic mass is 16.6. The van der Waals surface area contributed by atoms with E-state index >= 15 is 0 Å². The van der Waals surface area contributed by atoms with Crippen molar-refractivity contribution in [3.05, 3.63) is 48.0 Å². The Morgan fingerprint density at radius 1 is 0.919 bits per heavy atom. The molecule has 0 aromatic heterocycles. The average molecular weight is 508 g/mol. The number of likely N-dealkylation sites (tertiary alicyclic amines) is 1. The smallest absolute Gasteiger partial charge is 0.410 e. The normalized spacial score (nSPS) is 19.1. The number of benzene rings is 2. The van der Waals surface area contributed by atoms with Crippen molar-refractivity contribution in [3.63, 3.8) is 0 Å². The van der Waals surface area contributed by atoms with Crippen LogP contribution in [0.15, 0.2) is 42.5 Å². The Bertz CT molecular complexity index is 1130. The Labute approximate surface area is 218 Å². The molecule has 0 unspecified atom stereocenters. The number of hydrogen-bond acceptors (Lipinski definition) is 5. The Kier molecular flexibility index (Phi) is 7.03. The SMILES string of the molecule is CC(C)(C)OC(=O)N1CCC2(CC1)COc1cc(-c3ccc(NC(=O)N4CCOCC4)cc3)ccc1C2. The highest BCUT2D eigenvalue weighted by Gasteiger charge is 2.40. The molecule has 3 aliphatic rings. The molecule has 5 rings (SSSR count). The third-order valence-corrected chi connectivity index (χ3v) is 7.41. The molecule has 3 heterocycles. The lowest BCUT2D eigenvalue weighted by Crippen LogP contribution is -2.48. The van der Waals surface area contributed by atoms with Crippen LogP contribution in [-0.2, 0) is 15.9 Å². The molecule has 0 radical (unpaired) electrons. The first-order valence-corrected chi connectivity index (χ1v) is 13.2. The Morgan fingerprint density at radius 2 is 1.59 bits per heavy atom. The number of morpholine rings is 1. The summed E-state index contributed by atoms with van der Waals surface area (Å²) in [5.74, 6) is 0.933. The van der Waals surface area contributed by atoms with Crippen LogP contribution in [0.25, 0.3) is 11.1 Å². The lowest BCUT2D eigenvalue weighted by atomic mass is 9.73. The Balaban J connectivity index is 1.19. The van der Waals surface area contributed by atoms with Crippen molar-refractivity contribution in [2.24, 2.45) is 5.41 Å². The fourth-order valence-corrected chi connectivity index (χ4v) is 5.23. The van der Waals surface area contributed by atoms with Crippen molar-refractivity contribution >= 4 is 17.8 Å². The minimum Gasteiger partial charge on any atom is -0.493 e. The predicted octanol–water partition coefficient (Wildman–Crippen LogP) is 5.17. The molecule has 37 heavy (non-hydrogen) atoms. The molecule has 1 N–H and O–H groups in total. The fraction of sp³-hybridized carbons (Fsp3) is 0.517. The number of carbonyl (C=O) groups excluding carboxylic acids is 2. The van der Waals surface area contributed by atoms with E-state index in [9.17, 15) is 9.59 Å². The highest BCUT2D eigenvalue weighted by Crippen LogP contribution is 2.43. The number of nitrogens with one attached hydrogen (secondary N) is 1. The van der Waals surface area contributed by atoms with E-state index in [4.69, 9.17) is 14.2 Å². The van der Waals surface area contributed by atoms with Gasteiger partial charge >= 0.3 is 12.1 Å².